The lowest BCUT2D eigenvalue weighted by atomic mass is 9.92. The van der Waals surface area contributed by atoms with Crippen molar-refractivity contribution in [3.05, 3.63) is 27.2 Å². The van der Waals surface area contributed by atoms with Gasteiger partial charge >= 0.3 is 0 Å². The predicted molar refractivity (Wildman–Crippen MR) is 46.2 cm³/mol. The molecule has 0 aliphatic heterocycles. The Hall–Kier alpha value is -1.63. The van der Waals surface area contributed by atoms with Gasteiger partial charge in [0, 0.05) is 5.56 Å². The predicted octanol–water partition coefficient (Wildman–Crippen LogP) is 0.520. The Bertz CT molecular complexity index is 427. The number of aromatic nitrogens is 2. The van der Waals surface area contributed by atoms with E-state index in [1.54, 1.807) is 0 Å². The molecule has 0 fully saturated rings. The Balaban J connectivity index is 2.68. The van der Waals surface area contributed by atoms with E-state index in [-0.39, 0.29) is 5.56 Å². The van der Waals surface area contributed by atoms with E-state index in [1.807, 2.05) is 6.07 Å². The normalized spacial score (nSPS) is 14.7. The lowest BCUT2D eigenvalue weighted by Gasteiger charge is -2.13. The third-order valence-electron chi connectivity index (χ3n) is 2.40. The number of fused-ring (bicyclic) bond motifs is 1. The van der Waals surface area contributed by atoms with Crippen molar-refractivity contribution in [2.24, 2.45) is 0 Å². The van der Waals surface area contributed by atoms with Crippen molar-refractivity contribution in [1.29, 1.82) is 5.26 Å². The van der Waals surface area contributed by atoms with Crippen LogP contribution in [0.5, 0.6) is 0 Å². The molecule has 0 aromatic carbocycles. The maximum atomic E-state index is 11.3. The van der Waals surface area contributed by atoms with Crippen LogP contribution in [0.4, 0.5) is 0 Å². The molecular weight excluding hydrogens is 166 g/mol. The van der Waals surface area contributed by atoms with Crippen LogP contribution in [0.3, 0.4) is 0 Å². The van der Waals surface area contributed by atoms with Gasteiger partial charge in [-0.3, -0.25) is 4.79 Å². The number of rotatable bonds is 0. The minimum Gasteiger partial charge on any atom is -0.268 e. The Morgan fingerprint density at radius 2 is 2.00 bits per heavy atom. The van der Waals surface area contributed by atoms with E-state index in [9.17, 15) is 4.79 Å². The number of H-pyrrole nitrogens is 1. The standard InChI is InChI=1S/C9H9N3O/c10-5-8-6-3-1-2-4-7(6)9(13)12-11-8/h1-4H2,(H,12,13). The summed E-state index contributed by atoms with van der Waals surface area (Å²) in [5.74, 6) is 0. The second-order valence-electron chi connectivity index (χ2n) is 3.18. The molecule has 4 nitrogen and oxygen atoms in total. The Kier molecular flexibility index (Phi) is 1.85. The molecule has 0 spiro atoms. The van der Waals surface area contributed by atoms with Crippen LogP contribution in [0, 0.1) is 11.3 Å². The summed E-state index contributed by atoms with van der Waals surface area (Å²) in [7, 11) is 0. The Labute approximate surface area is 75.2 Å². The van der Waals surface area contributed by atoms with E-state index in [4.69, 9.17) is 5.26 Å². The first-order valence-corrected chi connectivity index (χ1v) is 4.33. The molecule has 1 N–H and O–H groups in total. The average molecular weight is 175 g/mol. The summed E-state index contributed by atoms with van der Waals surface area (Å²) < 4.78 is 0. The van der Waals surface area contributed by atoms with Crippen molar-refractivity contribution in [1.82, 2.24) is 10.2 Å². The van der Waals surface area contributed by atoms with Gasteiger partial charge in [0.15, 0.2) is 5.69 Å². The van der Waals surface area contributed by atoms with E-state index in [0.29, 0.717) is 5.69 Å². The molecule has 0 amide bonds. The minimum absolute atomic E-state index is 0.131. The quantitative estimate of drug-likeness (QED) is 0.625. The number of hydrogen-bond acceptors (Lipinski definition) is 3. The van der Waals surface area contributed by atoms with Gasteiger partial charge in [0.2, 0.25) is 0 Å². The third kappa shape index (κ3) is 1.22. The second kappa shape index (κ2) is 3.02. The van der Waals surface area contributed by atoms with Gasteiger partial charge in [0.25, 0.3) is 5.56 Å². The first kappa shape index (κ1) is 7.99. The highest BCUT2D eigenvalue weighted by Crippen LogP contribution is 2.18. The van der Waals surface area contributed by atoms with Gasteiger partial charge in [-0.15, -0.1) is 0 Å². The van der Waals surface area contributed by atoms with E-state index in [2.05, 4.69) is 10.2 Å². The van der Waals surface area contributed by atoms with Crippen LogP contribution < -0.4 is 5.56 Å². The molecule has 0 saturated heterocycles. The molecular formula is C9H9N3O. The van der Waals surface area contributed by atoms with Gasteiger partial charge < -0.3 is 0 Å². The van der Waals surface area contributed by atoms with Gasteiger partial charge in [0.05, 0.1) is 0 Å². The van der Waals surface area contributed by atoms with Crippen molar-refractivity contribution in [3.63, 3.8) is 0 Å². The van der Waals surface area contributed by atoms with Crippen LogP contribution in [0.15, 0.2) is 4.79 Å². The van der Waals surface area contributed by atoms with Crippen molar-refractivity contribution in [2.75, 3.05) is 0 Å². The number of hydrogen-bond donors (Lipinski definition) is 1. The maximum Gasteiger partial charge on any atom is 0.267 e. The summed E-state index contributed by atoms with van der Waals surface area (Å²) in [5, 5.41) is 14.8. The topological polar surface area (TPSA) is 69.5 Å². The molecule has 2 rings (SSSR count). The van der Waals surface area contributed by atoms with Gasteiger partial charge in [-0.1, -0.05) is 0 Å². The van der Waals surface area contributed by atoms with Gasteiger partial charge in [-0.05, 0) is 31.2 Å². The smallest absolute Gasteiger partial charge is 0.267 e. The molecule has 4 heteroatoms. The number of nitrogens with zero attached hydrogens (tertiary/aromatic N) is 2. The molecule has 1 aliphatic rings. The zero-order valence-electron chi connectivity index (χ0n) is 7.13. The van der Waals surface area contributed by atoms with Crippen LogP contribution >= 0.6 is 0 Å². The molecule has 1 aromatic heterocycles. The summed E-state index contributed by atoms with van der Waals surface area (Å²) in [4.78, 5) is 11.3. The van der Waals surface area contributed by atoms with Crippen LogP contribution in [0.25, 0.3) is 0 Å². The van der Waals surface area contributed by atoms with Crippen LogP contribution in [0.2, 0.25) is 0 Å². The summed E-state index contributed by atoms with van der Waals surface area (Å²) in [6.45, 7) is 0. The highest BCUT2D eigenvalue weighted by atomic mass is 16.1. The van der Waals surface area contributed by atoms with Crippen molar-refractivity contribution in [3.8, 4) is 6.07 Å². The van der Waals surface area contributed by atoms with E-state index >= 15 is 0 Å². The van der Waals surface area contributed by atoms with Gasteiger partial charge in [-0.2, -0.15) is 10.4 Å². The Morgan fingerprint density at radius 1 is 1.31 bits per heavy atom. The minimum atomic E-state index is -0.131. The van der Waals surface area contributed by atoms with Crippen LogP contribution in [0.1, 0.15) is 29.7 Å². The van der Waals surface area contributed by atoms with E-state index in [1.165, 1.54) is 0 Å². The van der Waals surface area contributed by atoms with Crippen molar-refractivity contribution >= 4 is 0 Å². The molecule has 0 unspecified atom stereocenters. The number of nitrogens with one attached hydrogen (secondary N) is 1. The first-order chi connectivity index (χ1) is 6.33. The zero-order chi connectivity index (χ0) is 9.26. The van der Waals surface area contributed by atoms with Crippen molar-refractivity contribution in [2.45, 2.75) is 25.7 Å². The Morgan fingerprint density at radius 3 is 2.69 bits per heavy atom. The number of aromatic amines is 1. The molecule has 0 atom stereocenters. The molecule has 0 saturated carbocycles. The van der Waals surface area contributed by atoms with E-state index < -0.39 is 0 Å². The molecule has 1 aromatic rings. The zero-order valence-corrected chi connectivity index (χ0v) is 7.13. The summed E-state index contributed by atoms with van der Waals surface area (Å²) in [5.41, 5.74) is 1.87. The summed E-state index contributed by atoms with van der Waals surface area (Å²) >= 11 is 0. The van der Waals surface area contributed by atoms with Crippen LogP contribution in [-0.2, 0) is 12.8 Å². The first-order valence-electron chi connectivity index (χ1n) is 4.33. The molecule has 1 aliphatic carbocycles. The monoisotopic (exact) mass is 175 g/mol. The number of nitriles is 1. The lowest BCUT2D eigenvalue weighted by Crippen LogP contribution is -2.22. The fraction of sp³-hybridized carbons (Fsp3) is 0.444. The fourth-order valence-corrected chi connectivity index (χ4v) is 1.75. The van der Waals surface area contributed by atoms with E-state index in [0.717, 1.165) is 36.8 Å². The summed E-state index contributed by atoms with van der Waals surface area (Å²) in [6.07, 6.45) is 3.68. The molecule has 66 valence electrons. The SMILES string of the molecule is N#Cc1n[nH]c(=O)c2c1CCCC2. The largest absolute Gasteiger partial charge is 0.268 e. The summed E-state index contributed by atoms with van der Waals surface area (Å²) in [6, 6.07) is 2.00. The highest BCUT2D eigenvalue weighted by Gasteiger charge is 2.16. The van der Waals surface area contributed by atoms with Gasteiger partial charge in [0.1, 0.15) is 6.07 Å². The maximum absolute atomic E-state index is 11.3. The fourth-order valence-electron chi connectivity index (χ4n) is 1.75. The molecule has 0 bridgehead atoms. The van der Waals surface area contributed by atoms with Crippen molar-refractivity contribution < 1.29 is 0 Å². The average Bonchev–Trinajstić information content (AvgIpc) is 2.19. The van der Waals surface area contributed by atoms with Crippen LogP contribution in [-0.4, -0.2) is 10.2 Å². The highest BCUT2D eigenvalue weighted by molar-refractivity contribution is 5.36. The third-order valence-corrected chi connectivity index (χ3v) is 2.40. The molecule has 0 radical (unpaired) electrons. The molecule has 1 heterocycles. The second-order valence-corrected chi connectivity index (χ2v) is 3.18. The lowest BCUT2D eigenvalue weighted by molar-refractivity contribution is 0.664. The molecule has 13 heavy (non-hydrogen) atoms. The van der Waals surface area contributed by atoms with Gasteiger partial charge in [-0.25, -0.2) is 5.10 Å².